The number of benzene rings is 2. The van der Waals surface area contributed by atoms with E-state index < -0.39 is 6.10 Å². The fourth-order valence-corrected chi connectivity index (χ4v) is 3.22. The van der Waals surface area contributed by atoms with Gasteiger partial charge in [-0.15, -0.1) is 0 Å². The molecule has 0 amide bonds. The van der Waals surface area contributed by atoms with Crippen LogP contribution in [-0.2, 0) is 6.42 Å². The maximum Gasteiger partial charge on any atom is 0.161 e. The number of aromatic nitrogens is 1. The average Bonchev–Trinajstić information content (AvgIpc) is 2.77. The van der Waals surface area contributed by atoms with Crippen LogP contribution in [0.1, 0.15) is 28.8 Å². The quantitative estimate of drug-likeness (QED) is 0.594. The molecular formula is C23H26N2O3. The van der Waals surface area contributed by atoms with E-state index >= 15 is 0 Å². The molecule has 5 heteroatoms. The molecule has 0 bridgehead atoms. The molecule has 0 fully saturated rings. The summed E-state index contributed by atoms with van der Waals surface area (Å²) in [6, 6.07) is 19.4. The van der Waals surface area contributed by atoms with Crippen LogP contribution in [0.25, 0.3) is 0 Å². The van der Waals surface area contributed by atoms with Crippen molar-refractivity contribution in [1.82, 2.24) is 10.3 Å². The molecule has 0 radical (unpaired) electrons. The van der Waals surface area contributed by atoms with Gasteiger partial charge in [-0.25, -0.2) is 0 Å². The molecule has 2 N–H and O–H groups in total. The molecule has 28 heavy (non-hydrogen) atoms. The van der Waals surface area contributed by atoms with E-state index in [0.29, 0.717) is 11.5 Å². The molecule has 1 unspecified atom stereocenters. The maximum absolute atomic E-state index is 11.0. The average molecular weight is 378 g/mol. The summed E-state index contributed by atoms with van der Waals surface area (Å²) >= 11 is 0. The molecule has 5 nitrogen and oxygen atoms in total. The second kappa shape index (κ2) is 9.88. The predicted molar refractivity (Wildman–Crippen MR) is 110 cm³/mol. The molecule has 0 saturated carbocycles. The second-order valence-electron chi connectivity index (χ2n) is 6.51. The van der Waals surface area contributed by atoms with E-state index in [0.717, 1.165) is 24.1 Å². The molecule has 2 aromatic carbocycles. The van der Waals surface area contributed by atoms with Gasteiger partial charge in [-0.3, -0.25) is 4.98 Å². The Morgan fingerprint density at radius 3 is 2.39 bits per heavy atom. The lowest BCUT2D eigenvalue weighted by Crippen LogP contribution is -2.29. The molecule has 0 spiro atoms. The minimum atomic E-state index is -0.748. The van der Waals surface area contributed by atoms with Crippen LogP contribution in [0, 0.1) is 0 Å². The van der Waals surface area contributed by atoms with E-state index in [1.165, 1.54) is 5.56 Å². The van der Waals surface area contributed by atoms with E-state index in [2.05, 4.69) is 22.4 Å². The van der Waals surface area contributed by atoms with Gasteiger partial charge in [0.1, 0.15) is 0 Å². The summed E-state index contributed by atoms with van der Waals surface area (Å²) in [5.74, 6) is 1.29. The minimum absolute atomic E-state index is 0.312. The van der Waals surface area contributed by atoms with Gasteiger partial charge in [-0.1, -0.05) is 42.5 Å². The highest BCUT2D eigenvalue weighted by Crippen LogP contribution is 2.34. The third kappa shape index (κ3) is 4.88. The summed E-state index contributed by atoms with van der Waals surface area (Å²) in [6.07, 6.45) is 3.51. The zero-order chi connectivity index (χ0) is 19.8. The summed E-state index contributed by atoms with van der Waals surface area (Å²) in [6.45, 7) is 0.723. The number of hydrogen-bond donors (Lipinski definition) is 2. The second-order valence-corrected chi connectivity index (χ2v) is 6.51. The highest BCUT2D eigenvalue weighted by atomic mass is 16.5. The van der Waals surface area contributed by atoms with Crippen molar-refractivity contribution in [3.05, 3.63) is 89.7 Å². The van der Waals surface area contributed by atoms with E-state index in [-0.39, 0.29) is 6.04 Å². The highest BCUT2D eigenvalue weighted by molar-refractivity contribution is 5.44. The van der Waals surface area contributed by atoms with Crippen molar-refractivity contribution < 1.29 is 14.6 Å². The minimum Gasteiger partial charge on any atom is -0.493 e. The number of hydrogen-bond acceptors (Lipinski definition) is 5. The number of aliphatic hydroxyl groups excluding tert-OH is 1. The number of ether oxygens (including phenoxy) is 2. The summed E-state index contributed by atoms with van der Waals surface area (Å²) in [7, 11) is 3.22. The first-order valence-corrected chi connectivity index (χ1v) is 9.30. The Labute approximate surface area is 166 Å². The van der Waals surface area contributed by atoms with Crippen LogP contribution in [-0.4, -0.2) is 30.9 Å². The lowest BCUT2D eigenvalue weighted by atomic mass is 9.96. The number of nitrogens with one attached hydrogen (secondary N) is 1. The van der Waals surface area contributed by atoms with Gasteiger partial charge in [-0.05, 0) is 42.3 Å². The maximum atomic E-state index is 11.0. The van der Waals surface area contributed by atoms with Crippen LogP contribution in [0.5, 0.6) is 11.5 Å². The Kier molecular flexibility index (Phi) is 7.00. The van der Waals surface area contributed by atoms with E-state index in [1.807, 2.05) is 48.5 Å². The molecule has 1 heterocycles. The van der Waals surface area contributed by atoms with Crippen molar-refractivity contribution in [3.63, 3.8) is 0 Å². The summed E-state index contributed by atoms with van der Waals surface area (Å²) in [5, 5.41) is 14.5. The Balaban J connectivity index is 1.83. The van der Waals surface area contributed by atoms with Crippen molar-refractivity contribution in [1.29, 1.82) is 0 Å². The molecule has 3 rings (SSSR count). The van der Waals surface area contributed by atoms with E-state index in [1.54, 1.807) is 26.6 Å². The van der Waals surface area contributed by atoms with Crippen LogP contribution in [0.3, 0.4) is 0 Å². The van der Waals surface area contributed by atoms with Gasteiger partial charge in [0.15, 0.2) is 11.5 Å². The van der Waals surface area contributed by atoms with Crippen LogP contribution in [0.4, 0.5) is 0 Å². The molecule has 1 aromatic heterocycles. The monoisotopic (exact) mass is 378 g/mol. The zero-order valence-electron chi connectivity index (χ0n) is 16.2. The molecule has 0 saturated heterocycles. The van der Waals surface area contributed by atoms with E-state index in [9.17, 15) is 5.11 Å². The molecule has 3 aromatic rings. The summed E-state index contributed by atoms with van der Waals surface area (Å²) in [4.78, 5) is 4.14. The third-order valence-corrected chi connectivity index (χ3v) is 4.73. The fraction of sp³-hybridized carbons (Fsp3) is 0.261. The normalized spacial score (nSPS) is 13.0. The van der Waals surface area contributed by atoms with Crippen LogP contribution in [0.2, 0.25) is 0 Å². The largest absolute Gasteiger partial charge is 0.493 e. The lowest BCUT2D eigenvalue weighted by Gasteiger charge is -2.26. The predicted octanol–water partition coefficient (Wildman–Crippen LogP) is 3.71. The molecule has 2 atom stereocenters. The molecule has 0 aliphatic heterocycles. The van der Waals surface area contributed by atoms with Crippen LogP contribution >= 0.6 is 0 Å². The first kappa shape index (κ1) is 19.9. The van der Waals surface area contributed by atoms with Gasteiger partial charge >= 0.3 is 0 Å². The summed E-state index contributed by atoms with van der Waals surface area (Å²) in [5.41, 5.74) is 2.92. The van der Waals surface area contributed by atoms with E-state index in [4.69, 9.17) is 9.47 Å². The van der Waals surface area contributed by atoms with Gasteiger partial charge in [-0.2, -0.15) is 0 Å². The summed E-state index contributed by atoms with van der Waals surface area (Å²) < 4.78 is 10.8. The Morgan fingerprint density at radius 2 is 1.71 bits per heavy atom. The van der Waals surface area contributed by atoms with Crippen molar-refractivity contribution in [2.75, 3.05) is 20.8 Å². The highest BCUT2D eigenvalue weighted by Gasteiger charge is 2.23. The zero-order valence-corrected chi connectivity index (χ0v) is 16.2. The van der Waals surface area contributed by atoms with Crippen molar-refractivity contribution in [2.24, 2.45) is 0 Å². The number of pyridine rings is 1. The van der Waals surface area contributed by atoms with Crippen molar-refractivity contribution >= 4 is 0 Å². The van der Waals surface area contributed by atoms with Crippen molar-refractivity contribution in [3.8, 4) is 11.5 Å². The molecule has 0 aliphatic rings. The fourth-order valence-electron chi connectivity index (χ4n) is 3.22. The lowest BCUT2D eigenvalue weighted by molar-refractivity contribution is 0.128. The number of methoxy groups -OCH3 is 2. The van der Waals surface area contributed by atoms with Gasteiger partial charge in [0.2, 0.25) is 0 Å². The number of rotatable bonds is 9. The number of nitrogens with zero attached hydrogens (tertiary/aromatic N) is 1. The standard InChI is InChI=1S/C23H26N2O3/c1-27-20-11-10-18(15-21(20)28-2)22(23(26)19-9-6-13-24-16-19)25-14-12-17-7-4-3-5-8-17/h3-11,13,15-16,22-23,25-26H,12,14H2,1-2H3/t22-,23?/m1/s1. The Bertz CT molecular complexity index is 856. The van der Waals surface area contributed by atoms with Gasteiger partial charge < -0.3 is 19.9 Å². The first-order chi connectivity index (χ1) is 13.7. The van der Waals surface area contributed by atoms with Gasteiger partial charge in [0.05, 0.1) is 26.4 Å². The third-order valence-electron chi connectivity index (χ3n) is 4.73. The molecular weight excluding hydrogens is 352 g/mol. The van der Waals surface area contributed by atoms with Crippen LogP contribution in [0.15, 0.2) is 73.1 Å². The SMILES string of the molecule is COc1ccc([C@@H](NCCc2ccccc2)C(O)c2cccnc2)cc1OC. The Hall–Kier alpha value is -2.89. The Morgan fingerprint density at radius 1 is 0.929 bits per heavy atom. The molecule has 0 aliphatic carbocycles. The van der Waals surface area contributed by atoms with Gasteiger partial charge in [0.25, 0.3) is 0 Å². The van der Waals surface area contributed by atoms with Gasteiger partial charge in [0, 0.05) is 18.0 Å². The topological polar surface area (TPSA) is 63.6 Å². The number of aliphatic hydroxyl groups is 1. The smallest absolute Gasteiger partial charge is 0.161 e. The van der Waals surface area contributed by atoms with Crippen LogP contribution < -0.4 is 14.8 Å². The first-order valence-electron chi connectivity index (χ1n) is 9.30. The molecule has 146 valence electrons. The van der Waals surface area contributed by atoms with Crippen molar-refractivity contribution in [2.45, 2.75) is 18.6 Å².